The summed E-state index contributed by atoms with van der Waals surface area (Å²) in [4.78, 5) is 99.0. The monoisotopic (exact) mass is 1190 g/mol. The number of Topliss-reactive ketones (excluding diaryl/α,β-unsaturated/α-hetero) is 2. The van der Waals surface area contributed by atoms with E-state index in [1.54, 1.807) is 77.9 Å². The second kappa shape index (κ2) is 32.9. The third kappa shape index (κ3) is 23.4. The minimum atomic E-state index is -1.20. The van der Waals surface area contributed by atoms with Crippen LogP contribution in [-0.4, -0.2) is 136 Å². The second-order valence-electron chi connectivity index (χ2n) is 20.7. The van der Waals surface area contributed by atoms with Gasteiger partial charge in [0.1, 0.15) is 17.8 Å². The first kappa shape index (κ1) is 63.8. The molecule has 1 aliphatic carbocycles. The van der Waals surface area contributed by atoms with Crippen LogP contribution in [0.25, 0.3) is 10.4 Å². The largest absolute Gasteiger partial charge is 0.493 e. The summed E-state index contributed by atoms with van der Waals surface area (Å²) >= 11 is 2.27. The maximum absolute atomic E-state index is 14.2. The molecular formula is C54H78IN7O15. The number of amides is 4. The van der Waals surface area contributed by atoms with E-state index in [2.05, 4.69) is 48.6 Å². The SMILES string of the molecule is COc1cc2c(cc1OCCCI)N(C(=O)OCc1ccc(NC(=O)[C@H](CC(=O)OC(C)(C)C)CC(=O)[C@H](CCCCNC(=O)OC(C)(C)C)NC(=O)CCOCCOCCOCCN=[N+]=[N-])cc1)CC1CCCC1C2=O. The van der Waals surface area contributed by atoms with Gasteiger partial charge >= 0.3 is 18.2 Å². The van der Waals surface area contributed by atoms with E-state index in [9.17, 15) is 33.6 Å². The van der Waals surface area contributed by atoms with E-state index < -0.39 is 71.8 Å². The molecule has 1 aliphatic heterocycles. The Hall–Kier alpha value is -5.75. The van der Waals surface area contributed by atoms with Gasteiger partial charge in [-0.3, -0.25) is 28.9 Å². The topological polar surface area (TPSA) is 281 Å². The van der Waals surface area contributed by atoms with Crippen LogP contribution < -0.4 is 30.3 Å². The molecule has 0 spiro atoms. The van der Waals surface area contributed by atoms with Crippen molar-refractivity contribution >= 4 is 75.5 Å². The summed E-state index contributed by atoms with van der Waals surface area (Å²) in [5, 5.41) is 11.7. The number of esters is 1. The van der Waals surface area contributed by atoms with Crippen molar-refractivity contribution in [2.24, 2.45) is 22.9 Å². The van der Waals surface area contributed by atoms with Crippen LogP contribution in [0.5, 0.6) is 11.5 Å². The molecule has 77 heavy (non-hydrogen) atoms. The first-order valence-corrected chi connectivity index (χ1v) is 27.8. The Kier molecular flexibility index (Phi) is 27.2. The summed E-state index contributed by atoms with van der Waals surface area (Å²) in [6.07, 6.45) is 2.05. The number of ether oxygens (including phenoxy) is 8. The predicted molar refractivity (Wildman–Crippen MR) is 294 cm³/mol. The molecule has 3 N–H and O–H groups in total. The third-order valence-electron chi connectivity index (χ3n) is 12.2. The van der Waals surface area contributed by atoms with Gasteiger partial charge in [-0.15, -0.1) is 0 Å². The molecule has 1 saturated carbocycles. The minimum Gasteiger partial charge on any atom is -0.493 e. The summed E-state index contributed by atoms with van der Waals surface area (Å²) in [5.41, 5.74) is 8.48. The normalized spacial score (nSPS) is 15.8. The molecule has 0 radical (unpaired) electrons. The molecule has 22 nitrogen and oxygen atoms in total. The number of unbranched alkanes of at least 4 members (excludes halogenated alkanes) is 1. The van der Waals surface area contributed by atoms with E-state index in [-0.39, 0.29) is 76.6 Å². The second-order valence-corrected chi connectivity index (χ2v) is 21.7. The number of azide groups is 1. The van der Waals surface area contributed by atoms with E-state index in [4.69, 9.17) is 43.4 Å². The Bertz CT molecular complexity index is 2320. The van der Waals surface area contributed by atoms with Crippen LogP contribution in [0, 0.1) is 17.8 Å². The number of rotatable bonds is 32. The van der Waals surface area contributed by atoms with Gasteiger partial charge in [0.05, 0.1) is 77.4 Å². The fourth-order valence-corrected chi connectivity index (χ4v) is 8.89. The molecule has 0 saturated heterocycles. The average molecular weight is 1190 g/mol. The van der Waals surface area contributed by atoms with Crippen molar-refractivity contribution in [3.05, 3.63) is 58.0 Å². The lowest BCUT2D eigenvalue weighted by Crippen LogP contribution is -2.43. The van der Waals surface area contributed by atoms with Gasteiger partial charge in [-0.2, -0.15) is 0 Å². The van der Waals surface area contributed by atoms with Crippen LogP contribution in [0.1, 0.15) is 122 Å². The summed E-state index contributed by atoms with van der Waals surface area (Å²) in [7, 11) is 1.51. The maximum Gasteiger partial charge on any atom is 0.414 e. The molecule has 2 aromatic rings. The highest BCUT2D eigenvalue weighted by atomic mass is 127. The molecule has 1 fully saturated rings. The number of nitrogens with zero attached hydrogens (tertiary/aromatic N) is 4. The van der Waals surface area contributed by atoms with E-state index in [0.717, 1.165) is 30.1 Å². The molecule has 23 heteroatoms. The van der Waals surface area contributed by atoms with E-state index in [1.165, 1.54) is 12.0 Å². The Morgan fingerprint density at radius 1 is 0.844 bits per heavy atom. The number of benzene rings is 2. The lowest BCUT2D eigenvalue weighted by Gasteiger charge is -2.25. The highest BCUT2D eigenvalue weighted by molar-refractivity contribution is 14.1. The number of anilines is 2. The van der Waals surface area contributed by atoms with Crippen LogP contribution in [0.2, 0.25) is 0 Å². The average Bonchev–Trinajstić information content (AvgIpc) is 3.80. The number of hydrogen-bond acceptors (Lipinski definition) is 16. The van der Waals surface area contributed by atoms with E-state index in [0.29, 0.717) is 73.2 Å². The summed E-state index contributed by atoms with van der Waals surface area (Å²) in [5.74, 6) is -2.97. The number of fused-ring (bicyclic) bond motifs is 2. The van der Waals surface area contributed by atoms with Crippen LogP contribution in [0.3, 0.4) is 0 Å². The van der Waals surface area contributed by atoms with Crippen molar-refractivity contribution in [1.29, 1.82) is 0 Å². The van der Waals surface area contributed by atoms with Gasteiger partial charge in [-0.1, -0.05) is 46.3 Å². The third-order valence-corrected chi connectivity index (χ3v) is 12.9. The molecule has 4 atom stereocenters. The highest BCUT2D eigenvalue weighted by Gasteiger charge is 2.42. The number of alkyl carbamates (subject to hydrolysis) is 1. The summed E-state index contributed by atoms with van der Waals surface area (Å²) < 4.78 is 45.6. The fourth-order valence-electron chi connectivity index (χ4n) is 8.58. The number of hydrogen-bond donors (Lipinski definition) is 3. The van der Waals surface area contributed by atoms with E-state index in [1.807, 2.05) is 0 Å². The Labute approximate surface area is 465 Å². The quantitative estimate of drug-likeness (QED) is 0.00901. The molecular weight excluding hydrogens is 1110 g/mol. The van der Waals surface area contributed by atoms with Gasteiger partial charge in [0.25, 0.3) is 0 Å². The standard InChI is InChI=1S/C54H78IN7O15/c1-53(2,3)76-48(65)31-38(30-44(63)42(14-8-9-21-57-51(68)77-54(4,5)6)60-47(64)19-24-71-26-28-73-29-27-72-25-22-58-61-56)50(67)59-39-17-15-36(16-18-39)35-75-52(69)62-34-37-12-10-13-40(37)49(66)41-32-45(70-7)46(33-43(41)62)74-23-11-20-55/h15-18,32-33,37-38,40,42H,8-14,19-31,34-35H2,1-7H3,(H,57,68)(H,59,67)(H,60,64)/t37?,38-,40?,42-/m0/s1. The maximum atomic E-state index is 14.2. The van der Waals surface area contributed by atoms with Gasteiger partial charge < -0.3 is 53.8 Å². The van der Waals surface area contributed by atoms with Crippen molar-refractivity contribution in [3.63, 3.8) is 0 Å². The number of halogens is 1. The molecule has 4 rings (SSSR count). The van der Waals surface area contributed by atoms with Gasteiger partial charge in [-0.25, -0.2) is 9.59 Å². The van der Waals surface area contributed by atoms with Gasteiger partial charge in [-0.05, 0) is 115 Å². The van der Waals surface area contributed by atoms with Crippen LogP contribution in [0.4, 0.5) is 21.0 Å². The zero-order valence-electron chi connectivity index (χ0n) is 45.6. The van der Waals surface area contributed by atoms with E-state index >= 15 is 0 Å². The van der Waals surface area contributed by atoms with Gasteiger partial charge in [0.15, 0.2) is 23.1 Å². The smallest absolute Gasteiger partial charge is 0.414 e. The Morgan fingerprint density at radius 2 is 1.53 bits per heavy atom. The van der Waals surface area contributed by atoms with Crippen molar-refractivity contribution in [2.75, 3.05) is 87.6 Å². The number of ketones is 2. The zero-order valence-corrected chi connectivity index (χ0v) is 47.8. The Morgan fingerprint density at radius 3 is 2.19 bits per heavy atom. The number of carbonyl (C=O) groups is 7. The number of methoxy groups -OCH3 is 1. The first-order chi connectivity index (χ1) is 36.7. The first-order valence-electron chi connectivity index (χ1n) is 26.3. The van der Waals surface area contributed by atoms with Crippen molar-refractivity contribution < 1.29 is 71.5 Å². The number of nitrogens with one attached hydrogen (secondary N) is 3. The fraction of sp³-hybridized carbons (Fsp3) is 0.648. The lowest BCUT2D eigenvalue weighted by molar-refractivity contribution is -0.157. The van der Waals surface area contributed by atoms with Gasteiger partial charge in [0, 0.05) is 65.1 Å². The minimum absolute atomic E-state index is 0.0318. The van der Waals surface area contributed by atoms with Crippen molar-refractivity contribution in [1.82, 2.24) is 10.6 Å². The molecule has 2 unspecified atom stereocenters. The molecule has 1 heterocycles. The molecule has 2 aliphatic rings. The van der Waals surface area contributed by atoms with Crippen LogP contribution >= 0.6 is 22.6 Å². The number of alkyl halides is 1. The van der Waals surface area contributed by atoms with Crippen LogP contribution in [-0.2, 0) is 54.2 Å². The lowest BCUT2D eigenvalue weighted by atomic mass is 9.89. The highest BCUT2D eigenvalue weighted by Crippen LogP contribution is 2.44. The van der Waals surface area contributed by atoms with Crippen molar-refractivity contribution in [2.45, 2.75) is 130 Å². The molecule has 0 bridgehead atoms. The van der Waals surface area contributed by atoms with Crippen LogP contribution in [0.15, 0.2) is 41.5 Å². The number of carbonyl (C=O) groups excluding carboxylic acids is 7. The predicted octanol–water partition coefficient (Wildman–Crippen LogP) is 8.83. The molecule has 4 amide bonds. The summed E-state index contributed by atoms with van der Waals surface area (Å²) in [6, 6.07) is 8.85. The molecule has 2 aromatic carbocycles. The summed E-state index contributed by atoms with van der Waals surface area (Å²) in [6.45, 7) is 12.7. The van der Waals surface area contributed by atoms with Crippen molar-refractivity contribution in [3.8, 4) is 11.5 Å². The molecule has 0 aromatic heterocycles. The van der Waals surface area contributed by atoms with Gasteiger partial charge in [0.2, 0.25) is 11.8 Å². The zero-order chi connectivity index (χ0) is 56.4. The molecule has 426 valence electrons. The Balaban J connectivity index is 1.42.